The van der Waals surface area contributed by atoms with E-state index in [-0.39, 0.29) is 33.4 Å². The number of amides is 1. The molecule has 2 N–H and O–H groups in total. The Labute approximate surface area is 167 Å². The Morgan fingerprint density at radius 2 is 2.00 bits per heavy atom. The van der Waals surface area contributed by atoms with Gasteiger partial charge in [0.1, 0.15) is 10.6 Å². The molecule has 154 valence electrons. The number of fused-ring (bicyclic) bond motifs is 2. The number of benzene rings is 1. The first-order valence-electron chi connectivity index (χ1n) is 9.65. The minimum atomic E-state index is -3.66. The van der Waals surface area contributed by atoms with Crippen molar-refractivity contribution in [2.24, 2.45) is 16.7 Å². The maximum atomic E-state index is 12.5. The number of carbonyl (C=O) groups excluding carboxylic acids is 1. The molecule has 7 heteroatoms. The largest absolute Gasteiger partial charge is 0.495 e. The minimum Gasteiger partial charge on any atom is -0.495 e. The molecule has 3 rings (SSSR count). The molecular formula is C21H30N2O4S. The van der Waals surface area contributed by atoms with E-state index in [1.165, 1.54) is 32.7 Å². The van der Waals surface area contributed by atoms with Crippen molar-refractivity contribution in [1.29, 1.82) is 0 Å². The SMILES string of the molecule is CNS(=O)(=O)c1cc(/C=C/C(=O)NC2CC3CCC2(C)C3(C)C)ccc1OC. The van der Waals surface area contributed by atoms with Gasteiger partial charge in [-0.25, -0.2) is 13.1 Å². The van der Waals surface area contributed by atoms with Crippen LogP contribution < -0.4 is 14.8 Å². The monoisotopic (exact) mass is 406 g/mol. The lowest BCUT2D eigenvalue weighted by molar-refractivity contribution is -0.118. The second-order valence-corrected chi connectivity index (χ2v) is 10.5. The van der Waals surface area contributed by atoms with Gasteiger partial charge in [0.05, 0.1) is 7.11 Å². The fraction of sp³-hybridized carbons (Fsp3) is 0.571. The highest BCUT2D eigenvalue weighted by Gasteiger charge is 2.61. The van der Waals surface area contributed by atoms with Crippen molar-refractivity contribution in [3.05, 3.63) is 29.8 Å². The van der Waals surface area contributed by atoms with E-state index in [1.807, 2.05) is 0 Å². The topological polar surface area (TPSA) is 84.5 Å². The normalized spacial score (nSPS) is 28.6. The molecule has 2 fully saturated rings. The molecule has 2 aliphatic carbocycles. The molecule has 28 heavy (non-hydrogen) atoms. The van der Waals surface area contributed by atoms with Crippen LogP contribution in [0, 0.1) is 16.7 Å². The lowest BCUT2D eigenvalue weighted by Gasteiger charge is -2.39. The van der Waals surface area contributed by atoms with Crippen molar-refractivity contribution < 1.29 is 17.9 Å². The zero-order chi connectivity index (χ0) is 20.7. The van der Waals surface area contributed by atoms with Gasteiger partial charge >= 0.3 is 0 Å². The van der Waals surface area contributed by atoms with Gasteiger partial charge in [0, 0.05) is 12.1 Å². The Hall–Kier alpha value is -1.86. The second kappa shape index (κ2) is 7.19. The number of hydrogen-bond donors (Lipinski definition) is 2. The van der Waals surface area contributed by atoms with Gasteiger partial charge in [0.25, 0.3) is 0 Å². The molecule has 0 radical (unpaired) electrons. The third-order valence-electron chi connectivity index (χ3n) is 7.28. The van der Waals surface area contributed by atoms with E-state index >= 15 is 0 Å². The molecule has 2 bridgehead atoms. The van der Waals surface area contributed by atoms with Crippen molar-refractivity contribution in [3.63, 3.8) is 0 Å². The number of rotatable bonds is 6. The number of hydrogen-bond acceptors (Lipinski definition) is 4. The van der Waals surface area contributed by atoms with Gasteiger partial charge in [-0.1, -0.05) is 26.8 Å². The second-order valence-electron chi connectivity index (χ2n) is 8.62. The molecular weight excluding hydrogens is 376 g/mol. The van der Waals surface area contributed by atoms with Crippen LogP contribution in [0.2, 0.25) is 0 Å². The van der Waals surface area contributed by atoms with Crippen LogP contribution in [0.1, 0.15) is 45.6 Å². The van der Waals surface area contributed by atoms with Gasteiger partial charge in [-0.2, -0.15) is 0 Å². The van der Waals surface area contributed by atoms with E-state index in [4.69, 9.17) is 4.74 Å². The van der Waals surface area contributed by atoms with Gasteiger partial charge in [-0.3, -0.25) is 4.79 Å². The molecule has 0 saturated heterocycles. The molecule has 0 aromatic heterocycles. The molecule has 3 unspecified atom stereocenters. The molecule has 2 aliphatic rings. The lowest BCUT2D eigenvalue weighted by Crippen LogP contribution is -2.46. The summed E-state index contributed by atoms with van der Waals surface area (Å²) in [5.41, 5.74) is 0.973. The summed E-state index contributed by atoms with van der Waals surface area (Å²) in [5.74, 6) is 0.763. The van der Waals surface area contributed by atoms with Gasteiger partial charge in [-0.15, -0.1) is 0 Å². The molecule has 1 aromatic rings. The Bertz CT molecular complexity index is 907. The van der Waals surface area contributed by atoms with Gasteiger partial charge in [-0.05, 0) is 66.8 Å². The molecule has 1 amide bonds. The quantitative estimate of drug-likeness (QED) is 0.712. The van der Waals surface area contributed by atoms with E-state index in [0.29, 0.717) is 11.5 Å². The van der Waals surface area contributed by atoms with E-state index in [9.17, 15) is 13.2 Å². The van der Waals surface area contributed by atoms with Crippen LogP contribution >= 0.6 is 0 Å². The van der Waals surface area contributed by atoms with Crippen LogP contribution in [-0.2, 0) is 14.8 Å². The van der Waals surface area contributed by atoms with Crippen LogP contribution in [0.25, 0.3) is 6.08 Å². The standard InChI is InChI=1S/C21H30N2O4S/c1-20(2)15-10-11-21(20,3)18(13-15)23-19(24)9-7-14-6-8-16(27-5)17(12-14)28(25,26)22-4/h6-9,12,15,18,22H,10-11,13H2,1-5H3,(H,23,24)/b9-7+. The average Bonchev–Trinajstić information content (AvgIpc) is 2.99. The predicted octanol–water partition coefficient (Wildman–Crippen LogP) is 2.95. The first-order chi connectivity index (χ1) is 13.0. The molecule has 0 aliphatic heterocycles. The van der Waals surface area contributed by atoms with Crippen LogP contribution in [0.5, 0.6) is 5.75 Å². The van der Waals surface area contributed by atoms with Crippen LogP contribution in [0.15, 0.2) is 29.2 Å². The van der Waals surface area contributed by atoms with Gasteiger partial charge in [0.15, 0.2) is 0 Å². The number of methoxy groups -OCH3 is 1. The van der Waals surface area contributed by atoms with Crippen LogP contribution in [0.4, 0.5) is 0 Å². The number of carbonyl (C=O) groups is 1. The average molecular weight is 407 g/mol. The Balaban J connectivity index is 1.74. The number of sulfonamides is 1. The van der Waals surface area contributed by atoms with Crippen LogP contribution in [0.3, 0.4) is 0 Å². The van der Waals surface area contributed by atoms with E-state index < -0.39 is 10.0 Å². The third kappa shape index (κ3) is 3.35. The number of nitrogens with one attached hydrogen (secondary N) is 2. The maximum absolute atomic E-state index is 12.5. The molecule has 0 heterocycles. The van der Waals surface area contributed by atoms with Gasteiger partial charge in [0.2, 0.25) is 15.9 Å². The molecule has 1 aromatic carbocycles. The summed E-state index contributed by atoms with van der Waals surface area (Å²) in [7, 11) is -0.887. The first kappa shape index (κ1) is 20.9. The van der Waals surface area contributed by atoms with Gasteiger partial charge < -0.3 is 10.1 Å². The zero-order valence-corrected chi connectivity index (χ0v) is 18.0. The highest BCUT2D eigenvalue weighted by molar-refractivity contribution is 7.89. The summed E-state index contributed by atoms with van der Waals surface area (Å²) < 4.78 is 31.8. The molecule has 6 nitrogen and oxygen atoms in total. The van der Waals surface area contributed by atoms with E-state index in [2.05, 4.69) is 30.8 Å². The lowest BCUT2D eigenvalue weighted by atomic mass is 9.69. The van der Waals surface area contributed by atoms with Crippen LogP contribution in [-0.4, -0.2) is 34.5 Å². The van der Waals surface area contributed by atoms with E-state index in [1.54, 1.807) is 18.2 Å². The van der Waals surface area contributed by atoms with Crippen molar-refractivity contribution in [3.8, 4) is 5.75 Å². The highest BCUT2D eigenvalue weighted by atomic mass is 32.2. The minimum absolute atomic E-state index is 0.0439. The number of ether oxygens (including phenoxy) is 1. The van der Waals surface area contributed by atoms with Crippen molar-refractivity contribution >= 4 is 22.0 Å². The summed E-state index contributed by atoms with van der Waals surface area (Å²) in [5, 5.41) is 3.17. The van der Waals surface area contributed by atoms with E-state index in [0.717, 1.165) is 12.8 Å². The fourth-order valence-electron chi connectivity index (χ4n) is 4.93. The Kier molecular flexibility index (Phi) is 5.36. The summed E-state index contributed by atoms with van der Waals surface area (Å²) in [6.07, 6.45) is 6.50. The Morgan fingerprint density at radius 3 is 2.54 bits per heavy atom. The summed E-state index contributed by atoms with van der Waals surface area (Å²) >= 11 is 0. The Morgan fingerprint density at radius 1 is 1.29 bits per heavy atom. The predicted molar refractivity (Wildman–Crippen MR) is 109 cm³/mol. The van der Waals surface area contributed by atoms with Crippen molar-refractivity contribution in [1.82, 2.24) is 10.0 Å². The highest BCUT2D eigenvalue weighted by Crippen LogP contribution is 2.65. The zero-order valence-electron chi connectivity index (χ0n) is 17.2. The third-order valence-corrected chi connectivity index (χ3v) is 8.72. The molecule has 2 saturated carbocycles. The smallest absolute Gasteiger partial charge is 0.244 e. The molecule has 0 spiro atoms. The fourth-order valence-corrected chi connectivity index (χ4v) is 5.86. The summed E-state index contributed by atoms with van der Waals surface area (Å²) in [6.45, 7) is 6.91. The molecule has 3 atom stereocenters. The van der Waals surface area contributed by atoms with Crippen molar-refractivity contribution in [2.45, 2.75) is 51.0 Å². The van der Waals surface area contributed by atoms with Crippen molar-refractivity contribution in [2.75, 3.05) is 14.2 Å². The summed E-state index contributed by atoms with van der Waals surface area (Å²) in [6, 6.07) is 4.98. The summed E-state index contributed by atoms with van der Waals surface area (Å²) in [4.78, 5) is 12.6. The maximum Gasteiger partial charge on any atom is 0.244 e. The first-order valence-corrected chi connectivity index (χ1v) is 11.1.